The zero-order valence-corrected chi connectivity index (χ0v) is 10.7. The van der Waals surface area contributed by atoms with Crippen LogP contribution in [0.15, 0.2) is 23.0 Å². The van der Waals surface area contributed by atoms with Crippen LogP contribution in [0.4, 0.5) is 0 Å². The van der Waals surface area contributed by atoms with Crippen LogP contribution < -0.4 is 5.32 Å². The highest BCUT2D eigenvalue weighted by atomic mass is 32.1. The summed E-state index contributed by atoms with van der Waals surface area (Å²) in [6.45, 7) is 3.12. The van der Waals surface area contributed by atoms with Crippen LogP contribution in [0.25, 0.3) is 10.6 Å². The zero-order valence-electron chi connectivity index (χ0n) is 9.90. The first kappa shape index (κ1) is 11.0. The van der Waals surface area contributed by atoms with Gasteiger partial charge >= 0.3 is 0 Å². The second kappa shape index (κ2) is 4.63. The van der Waals surface area contributed by atoms with Crippen LogP contribution in [0.5, 0.6) is 0 Å². The van der Waals surface area contributed by atoms with Crippen LogP contribution in [-0.4, -0.2) is 11.0 Å². The minimum absolute atomic E-state index is 0.749. The molecule has 3 rings (SSSR count). The molecule has 0 spiro atoms. The van der Waals surface area contributed by atoms with Gasteiger partial charge in [0, 0.05) is 23.0 Å². The minimum atomic E-state index is 0.749. The third-order valence-electron chi connectivity index (χ3n) is 3.01. The largest absolute Gasteiger partial charge is 0.472 e. The van der Waals surface area contributed by atoms with E-state index in [1.54, 1.807) is 23.9 Å². The van der Waals surface area contributed by atoms with Crippen molar-refractivity contribution >= 4 is 11.3 Å². The Hall–Kier alpha value is -1.13. The van der Waals surface area contributed by atoms with Gasteiger partial charge in [0.15, 0.2) is 0 Å². The molecule has 1 saturated carbocycles. The Labute approximate surface area is 105 Å². The van der Waals surface area contributed by atoms with Crippen molar-refractivity contribution in [1.29, 1.82) is 0 Å². The number of hydrogen-bond donors (Lipinski definition) is 1. The normalized spacial score (nSPS) is 15.4. The average molecular weight is 248 g/mol. The lowest BCUT2D eigenvalue weighted by Gasteiger charge is -2.00. The lowest BCUT2D eigenvalue weighted by atomic mass is 10.3. The summed E-state index contributed by atoms with van der Waals surface area (Å²) < 4.78 is 5.11. The Morgan fingerprint density at radius 2 is 2.41 bits per heavy atom. The highest BCUT2D eigenvalue weighted by Crippen LogP contribution is 2.29. The molecule has 4 heteroatoms. The summed E-state index contributed by atoms with van der Waals surface area (Å²) >= 11 is 1.78. The molecule has 0 bridgehead atoms. The van der Waals surface area contributed by atoms with Crippen molar-refractivity contribution in [2.24, 2.45) is 0 Å². The van der Waals surface area contributed by atoms with E-state index >= 15 is 0 Å². The van der Waals surface area contributed by atoms with Crippen LogP contribution in [0.2, 0.25) is 0 Å². The van der Waals surface area contributed by atoms with Crippen molar-refractivity contribution in [1.82, 2.24) is 10.3 Å². The maximum Gasteiger partial charge on any atom is 0.127 e. The molecule has 17 heavy (non-hydrogen) atoms. The van der Waals surface area contributed by atoms with E-state index in [1.807, 2.05) is 6.07 Å². The van der Waals surface area contributed by atoms with Crippen molar-refractivity contribution in [2.75, 3.05) is 0 Å². The average Bonchev–Trinajstić information content (AvgIpc) is 2.88. The molecule has 1 N–H and O–H groups in total. The molecule has 3 nitrogen and oxygen atoms in total. The second-order valence-corrected chi connectivity index (χ2v) is 5.49. The second-order valence-electron chi connectivity index (χ2n) is 4.41. The molecule has 0 aromatic carbocycles. The van der Waals surface area contributed by atoms with E-state index in [1.165, 1.54) is 23.4 Å². The monoisotopic (exact) mass is 248 g/mol. The molecule has 0 unspecified atom stereocenters. The van der Waals surface area contributed by atoms with Gasteiger partial charge in [-0.3, -0.25) is 0 Å². The molecule has 0 saturated heterocycles. The summed E-state index contributed by atoms with van der Waals surface area (Å²) in [6, 6.07) is 2.72. The molecule has 0 radical (unpaired) electrons. The maximum atomic E-state index is 5.11. The Morgan fingerprint density at radius 1 is 1.53 bits per heavy atom. The van der Waals surface area contributed by atoms with E-state index in [0.717, 1.165) is 29.6 Å². The summed E-state index contributed by atoms with van der Waals surface area (Å²) in [6.07, 6.45) is 7.11. The quantitative estimate of drug-likeness (QED) is 0.883. The molecule has 0 atom stereocenters. The minimum Gasteiger partial charge on any atom is -0.472 e. The molecule has 0 aliphatic heterocycles. The SMILES string of the molecule is CCc1nc(-c2ccoc2)sc1CNC1CC1. The van der Waals surface area contributed by atoms with Crippen molar-refractivity contribution in [3.8, 4) is 10.6 Å². The van der Waals surface area contributed by atoms with Gasteiger partial charge in [-0.05, 0) is 25.3 Å². The number of nitrogens with zero attached hydrogens (tertiary/aromatic N) is 1. The molecule has 1 fully saturated rings. The smallest absolute Gasteiger partial charge is 0.127 e. The molecule has 1 aliphatic rings. The predicted octanol–water partition coefficient (Wildman–Crippen LogP) is 3.22. The van der Waals surface area contributed by atoms with Crippen LogP contribution in [0.1, 0.15) is 30.3 Å². The van der Waals surface area contributed by atoms with E-state index in [-0.39, 0.29) is 0 Å². The molecule has 2 aromatic heterocycles. The molecule has 1 aliphatic carbocycles. The van der Waals surface area contributed by atoms with Crippen molar-refractivity contribution in [3.05, 3.63) is 29.2 Å². The van der Waals surface area contributed by atoms with Crippen LogP contribution in [0, 0.1) is 0 Å². The summed E-state index contributed by atoms with van der Waals surface area (Å²) in [5, 5.41) is 4.63. The van der Waals surface area contributed by atoms with Gasteiger partial charge < -0.3 is 9.73 Å². The number of hydrogen-bond acceptors (Lipinski definition) is 4. The lowest BCUT2D eigenvalue weighted by molar-refractivity contribution is 0.568. The van der Waals surface area contributed by atoms with Gasteiger partial charge in [0.1, 0.15) is 11.3 Å². The third-order valence-corrected chi connectivity index (χ3v) is 4.16. The van der Waals surface area contributed by atoms with Crippen molar-refractivity contribution in [2.45, 2.75) is 38.8 Å². The highest BCUT2D eigenvalue weighted by Gasteiger charge is 2.21. The fourth-order valence-electron chi connectivity index (χ4n) is 1.83. The fourth-order valence-corrected chi connectivity index (χ4v) is 2.92. The molecule has 90 valence electrons. The van der Waals surface area contributed by atoms with Gasteiger partial charge in [0.25, 0.3) is 0 Å². The van der Waals surface area contributed by atoms with Crippen LogP contribution >= 0.6 is 11.3 Å². The van der Waals surface area contributed by atoms with Crippen molar-refractivity contribution in [3.63, 3.8) is 0 Å². The first-order valence-corrected chi connectivity index (χ1v) is 6.93. The Bertz CT molecular complexity index is 485. The highest BCUT2D eigenvalue weighted by molar-refractivity contribution is 7.15. The van der Waals surface area contributed by atoms with Crippen LogP contribution in [0.3, 0.4) is 0 Å². The maximum absolute atomic E-state index is 5.11. The topological polar surface area (TPSA) is 38.1 Å². The van der Waals surface area contributed by atoms with E-state index in [0.29, 0.717) is 0 Å². The van der Waals surface area contributed by atoms with Gasteiger partial charge in [0.2, 0.25) is 0 Å². The number of nitrogens with one attached hydrogen (secondary N) is 1. The van der Waals surface area contributed by atoms with Crippen LogP contribution in [-0.2, 0) is 13.0 Å². The Balaban J connectivity index is 1.81. The number of thiazole rings is 1. The zero-order chi connectivity index (χ0) is 11.7. The first-order valence-electron chi connectivity index (χ1n) is 6.11. The number of rotatable bonds is 5. The summed E-state index contributed by atoms with van der Waals surface area (Å²) in [5.74, 6) is 0. The summed E-state index contributed by atoms with van der Waals surface area (Å²) in [7, 11) is 0. The van der Waals surface area contributed by atoms with Gasteiger partial charge in [-0.2, -0.15) is 0 Å². The molecule has 0 amide bonds. The first-order chi connectivity index (χ1) is 8.36. The number of aromatic nitrogens is 1. The predicted molar refractivity (Wildman–Crippen MR) is 69.1 cm³/mol. The van der Waals surface area contributed by atoms with Gasteiger partial charge in [-0.25, -0.2) is 4.98 Å². The molecular weight excluding hydrogens is 232 g/mol. The molecular formula is C13H16N2OS. The van der Waals surface area contributed by atoms with Gasteiger partial charge in [-0.15, -0.1) is 11.3 Å². The fraction of sp³-hybridized carbons (Fsp3) is 0.462. The summed E-state index contributed by atoms with van der Waals surface area (Å²) in [4.78, 5) is 6.06. The van der Waals surface area contributed by atoms with Gasteiger partial charge in [0.05, 0.1) is 12.0 Å². The third kappa shape index (κ3) is 2.42. The number of furan rings is 1. The Morgan fingerprint density at radius 3 is 3.06 bits per heavy atom. The Kier molecular flexibility index (Phi) is 2.99. The molecule has 2 aromatic rings. The van der Waals surface area contributed by atoms with Crippen molar-refractivity contribution < 1.29 is 4.42 Å². The van der Waals surface area contributed by atoms with E-state index in [9.17, 15) is 0 Å². The molecule has 2 heterocycles. The van der Waals surface area contributed by atoms with E-state index in [4.69, 9.17) is 4.42 Å². The number of aryl methyl sites for hydroxylation is 1. The summed E-state index contributed by atoms with van der Waals surface area (Å²) in [5.41, 5.74) is 2.31. The standard InChI is InChI=1S/C13H16N2OS/c1-2-11-12(7-14-10-3-4-10)17-13(15-11)9-5-6-16-8-9/h5-6,8,10,14H,2-4,7H2,1H3. The van der Waals surface area contributed by atoms with E-state index in [2.05, 4.69) is 17.2 Å². The lowest BCUT2D eigenvalue weighted by Crippen LogP contribution is -2.15. The van der Waals surface area contributed by atoms with E-state index < -0.39 is 0 Å². The van der Waals surface area contributed by atoms with Gasteiger partial charge in [-0.1, -0.05) is 6.92 Å².